The zero-order chi connectivity index (χ0) is 16.6. The SMILES string of the molecule is C[C@H](OC(=O)c1cc2cc(Cl)ccc2o1)C(=O)N1CCNC1=O. The van der Waals surface area contributed by atoms with Crippen LogP contribution < -0.4 is 5.32 Å². The lowest BCUT2D eigenvalue weighted by Crippen LogP contribution is -2.41. The van der Waals surface area contributed by atoms with E-state index in [-0.39, 0.29) is 12.3 Å². The number of benzene rings is 1. The van der Waals surface area contributed by atoms with Crippen LogP contribution in [0.4, 0.5) is 4.79 Å². The molecule has 2 aromatic rings. The highest BCUT2D eigenvalue weighted by Gasteiger charge is 2.32. The summed E-state index contributed by atoms with van der Waals surface area (Å²) in [6.45, 7) is 2.05. The Hall–Kier alpha value is -2.54. The number of carbonyl (C=O) groups excluding carboxylic acids is 3. The zero-order valence-electron chi connectivity index (χ0n) is 12.2. The molecule has 1 atom stereocenters. The van der Waals surface area contributed by atoms with Crippen molar-refractivity contribution >= 4 is 40.5 Å². The summed E-state index contributed by atoms with van der Waals surface area (Å²) in [4.78, 5) is 36.6. The summed E-state index contributed by atoms with van der Waals surface area (Å²) < 4.78 is 10.5. The molecule has 1 aliphatic rings. The molecule has 0 radical (unpaired) electrons. The monoisotopic (exact) mass is 336 g/mol. The first-order valence-corrected chi connectivity index (χ1v) is 7.33. The lowest BCUT2D eigenvalue weighted by Gasteiger charge is -2.17. The van der Waals surface area contributed by atoms with E-state index in [1.54, 1.807) is 18.2 Å². The van der Waals surface area contributed by atoms with Gasteiger partial charge in [0.1, 0.15) is 5.58 Å². The van der Waals surface area contributed by atoms with Crippen molar-refractivity contribution in [2.75, 3.05) is 13.1 Å². The molecule has 0 spiro atoms. The Bertz CT molecular complexity index is 800. The average Bonchev–Trinajstić information content (AvgIpc) is 3.11. The number of imide groups is 1. The van der Waals surface area contributed by atoms with Gasteiger partial charge in [-0.2, -0.15) is 0 Å². The lowest BCUT2D eigenvalue weighted by atomic mass is 10.2. The highest BCUT2D eigenvalue weighted by molar-refractivity contribution is 6.31. The second-order valence-corrected chi connectivity index (χ2v) is 5.50. The molecule has 0 aliphatic carbocycles. The summed E-state index contributed by atoms with van der Waals surface area (Å²) in [5, 5.41) is 3.68. The highest BCUT2D eigenvalue weighted by Crippen LogP contribution is 2.23. The first kappa shape index (κ1) is 15.4. The molecule has 1 fully saturated rings. The number of halogens is 1. The number of carbonyl (C=O) groups is 3. The van der Waals surface area contributed by atoms with Crippen molar-refractivity contribution in [1.29, 1.82) is 0 Å². The van der Waals surface area contributed by atoms with Gasteiger partial charge in [0, 0.05) is 23.5 Å². The number of fused-ring (bicyclic) bond motifs is 1. The molecular formula is C15H13ClN2O5. The molecule has 3 rings (SSSR count). The van der Waals surface area contributed by atoms with E-state index in [1.807, 2.05) is 0 Å². The molecule has 0 bridgehead atoms. The van der Waals surface area contributed by atoms with Gasteiger partial charge in [-0.3, -0.25) is 9.69 Å². The van der Waals surface area contributed by atoms with E-state index in [4.69, 9.17) is 20.8 Å². The number of hydrogen-bond donors (Lipinski definition) is 1. The Morgan fingerprint density at radius 1 is 1.39 bits per heavy atom. The van der Waals surface area contributed by atoms with Gasteiger partial charge in [0.05, 0.1) is 0 Å². The summed E-state index contributed by atoms with van der Waals surface area (Å²) >= 11 is 5.87. The number of hydrogen-bond acceptors (Lipinski definition) is 5. The number of nitrogens with one attached hydrogen (secondary N) is 1. The third kappa shape index (κ3) is 3.00. The maximum Gasteiger partial charge on any atom is 0.375 e. The Kier molecular flexibility index (Phi) is 3.96. The molecule has 1 N–H and O–H groups in total. The van der Waals surface area contributed by atoms with Crippen LogP contribution in [0.1, 0.15) is 17.5 Å². The van der Waals surface area contributed by atoms with Gasteiger partial charge in [-0.15, -0.1) is 0 Å². The summed E-state index contributed by atoms with van der Waals surface area (Å²) in [5.41, 5.74) is 0.485. The Morgan fingerprint density at radius 3 is 2.87 bits per heavy atom. The van der Waals surface area contributed by atoms with Crippen LogP contribution in [0.25, 0.3) is 11.0 Å². The fourth-order valence-corrected chi connectivity index (χ4v) is 2.47. The minimum atomic E-state index is -1.09. The topological polar surface area (TPSA) is 88.8 Å². The average molecular weight is 337 g/mol. The van der Waals surface area contributed by atoms with Crippen LogP contribution in [0.5, 0.6) is 0 Å². The molecule has 1 aliphatic heterocycles. The van der Waals surface area contributed by atoms with Crippen LogP contribution in [0.2, 0.25) is 5.02 Å². The van der Waals surface area contributed by atoms with Crippen LogP contribution in [0.3, 0.4) is 0 Å². The number of nitrogens with zero attached hydrogens (tertiary/aromatic N) is 1. The maximum absolute atomic E-state index is 12.1. The second kappa shape index (κ2) is 5.92. The zero-order valence-corrected chi connectivity index (χ0v) is 12.9. The third-order valence-electron chi connectivity index (χ3n) is 3.43. The van der Waals surface area contributed by atoms with Crippen LogP contribution in [0, 0.1) is 0 Å². The molecular weight excluding hydrogens is 324 g/mol. The van der Waals surface area contributed by atoms with Gasteiger partial charge in [0.15, 0.2) is 6.10 Å². The first-order valence-electron chi connectivity index (χ1n) is 6.95. The van der Waals surface area contributed by atoms with Gasteiger partial charge in [0.2, 0.25) is 5.76 Å². The Labute approximate surface area is 136 Å². The summed E-state index contributed by atoms with van der Waals surface area (Å²) in [7, 11) is 0. The molecule has 23 heavy (non-hydrogen) atoms. The number of furan rings is 1. The van der Waals surface area contributed by atoms with E-state index < -0.39 is 24.0 Å². The van der Waals surface area contributed by atoms with Gasteiger partial charge < -0.3 is 14.5 Å². The van der Waals surface area contributed by atoms with Gasteiger partial charge in [-0.25, -0.2) is 9.59 Å². The highest BCUT2D eigenvalue weighted by atomic mass is 35.5. The fourth-order valence-electron chi connectivity index (χ4n) is 2.29. The van der Waals surface area contributed by atoms with Crippen molar-refractivity contribution in [1.82, 2.24) is 10.2 Å². The molecule has 3 amide bonds. The van der Waals surface area contributed by atoms with Crippen LogP contribution in [-0.4, -0.2) is 42.0 Å². The van der Waals surface area contributed by atoms with Crippen molar-refractivity contribution in [3.8, 4) is 0 Å². The maximum atomic E-state index is 12.1. The van der Waals surface area contributed by atoms with Crippen LogP contribution >= 0.6 is 11.6 Å². The molecule has 1 aromatic carbocycles. The second-order valence-electron chi connectivity index (χ2n) is 5.06. The minimum absolute atomic E-state index is 0.0345. The summed E-state index contributed by atoms with van der Waals surface area (Å²) in [6, 6.07) is 5.93. The van der Waals surface area contributed by atoms with E-state index in [2.05, 4.69) is 5.32 Å². The fraction of sp³-hybridized carbons (Fsp3) is 0.267. The Morgan fingerprint density at radius 2 is 2.17 bits per heavy atom. The third-order valence-corrected chi connectivity index (χ3v) is 3.67. The van der Waals surface area contributed by atoms with E-state index in [1.165, 1.54) is 13.0 Å². The van der Waals surface area contributed by atoms with Crippen molar-refractivity contribution in [2.24, 2.45) is 0 Å². The lowest BCUT2D eigenvalue weighted by molar-refractivity contribution is -0.136. The quantitative estimate of drug-likeness (QED) is 0.868. The number of amides is 3. The molecule has 1 saturated heterocycles. The molecule has 7 nitrogen and oxygen atoms in total. The normalized spacial score (nSPS) is 15.6. The van der Waals surface area contributed by atoms with E-state index in [9.17, 15) is 14.4 Å². The number of esters is 1. The largest absolute Gasteiger partial charge is 0.449 e. The standard InChI is InChI=1S/C15H13ClN2O5/c1-8(13(19)18-5-4-17-15(18)21)22-14(20)12-7-9-6-10(16)2-3-11(9)23-12/h2-3,6-8H,4-5H2,1H3,(H,17,21)/t8-/m0/s1. The smallest absolute Gasteiger partial charge is 0.375 e. The molecule has 2 heterocycles. The molecule has 120 valence electrons. The summed E-state index contributed by atoms with van der Waals surface area (Å²) in [6.07, 6.45) is -1.09. The van der Waals surface area contributed by atoms with Crippen molar-refractivity contribution in [3.05, 3.63) is 35.0 Å². The van der Waals surface area contributed by atoms with Crippen LogP contribution in [0.15, 0.2) is 28.7 Å². The van der Waals surface area contributed by atoms with Gasteiger partial charge >= 0.3 is 12.0 Å². The molecule has 8 heteroatoms. The van der Waals surface area contributed by atoms with Gasteiger partial charge in [-0.05, 0) is 31.2 Å². The number of urea groups is 1. The van der Waals surface area contributed by atoms with Crippen molar-refractivity contribution < 1.29 is 23.5 Å². The van der Waals surface area contributed by atoms with Gasteiger partial charge in [0.25, 0.3) is 5.91 Å². The van der Waals surface area contributed by atoms with Gasteiger partial charge in [-0.1, -0.05) is 11.6 Å². The van der Waals surface area contributed by atoms with E-state index in [0.717, 1.165) is 4.90 Å². The van der Waals surface area contributed by atoms with E-state index >= 15 is 0 Å². The summed E-state index contributed by atoms with van der Waals surface area (Å²) in [5.74, 6) is -1.39. The van der Waals surface area contributed by atoms with Crippen LogP contribution in [-0.2, 0) is 9.53 Å². The molecule has 1 aromatic heterocycles. The number of ether oxygens (including phenoxy) is 1. The minimum Gasteiger partial charge on any atom is -0.449 e. The Balaban J connectivity index is 1.72. The predicted molar refractivity (Wildman–Crippen MR) is 81.2 cm³/mol. The first-order chi connectivity index (χ1) is 11.0. The van der Waals surface area contributed by atoms with Crippen molar-refractivity contribution in [2.45, 2.75) is 13.0 Å². The number of rotatable bonds is 3. The van der Waals surface area contributed by atoms with E-state index in [0.29, 0.717) is 22.5 Å². The van der Waals surface area contributed by atoms with Crippen molar-refractivity contribution in [3.63, 3.8) is 0 Å². The molecule has 0 unspecified atom stereocenters. The molecule has 0 saturated carbocycles. The predicted octanol–water partition coefficient (Wildman–Crippen LogP) is 2.18.